The Balaban J connectivity index is 2.09. The molecule has 0 radical (unpaired) electrons. The summed E-state index contributed by atoms with van der Waals surface area (Å²) in [5.74, 6) is 0.256. The van der Waals surface area contributed by atoms with Gasteiger partial charge in [-0.3, -0.25) is 0 Å². The lowest BCUT2D eigenvalue weighted by Gasteiger charge is -2.14. The molecule has 0 aromatic heterocycles. The van der Waals surface area contributed by atoms with Crippen LogP contribution in [0, 0.1) is 5.82 Å². The molecule has 0 saturated heterocycles. The van der Waals surface area contributed by atoms with Crippen molar-refractivity contribution in [2.24, 2.45) is 0 Å². The highest BCUT2D eigenvalue weighted by atomic mass is 35.5. The summed E-state index contributed by atoms with van der Waals surface area (Å²) < 4.78 is 19.0. The van der Waals surface area contributed by atoms with Crippen molar-refractivity contribution < 1.29 is 14.2 Å². The van der Waals surface area contributed by atoms with Crippen LogP contribution in [0.5, 0.6) is 5.75 Å². The topological polar surface area (TPSA) is 29.5 Å². The van der Waals surface area contributed by atoms with E-state index in [1.807, 2.05) is 24.3 Å². The number of rotatable bonds is 5. The van der Waals surface area contributed by atoms with Gasteiger partial charge in [0.15, 0.2) is 0 Å². The van der Waals surface area contributed by atoms with Crippen molar-refractivity contribution in [1.29, 1.82) is 0 Å². The van der Waals surface area contributed by atoms with Crippen LogP contribution in [0.2, 0.25) is 5.02 Å². The Kier molecular flexibility index (Phi) is 4.99. The smallest absolute Gasteiger partial charge is 0.145 e. The Morgan fingerprint density at radius 3 is 2.50 bits per heavy atom. The van der Waals surface area contributed by atoms with Crippen LogP contribution in [0.3, 0.4) is 0 Å². The molecule has 1 N–H and O–H groups in total. The summed E-state index contributed by atoms with van der Waals surface area (Å²) >= 11 is 5.73. The van der Waals surface area contributed by atoms with Gasteiger partial charge in [-0.2, -0.15) is 0 Å². The first kappa shape index (κ1) is 14.8. The molecule has 0 bridgehead atoms. The van der Waals surface area contributed by atoms with Crippen LogP contribution in [0.25, 0.3) is 0 Å². The number of ether oxygens (including phenoxy) is 1. The van der Waals surface area contributed by atoms with Gasteiger partial charge in [-0.05, 0) is 23.3 Å². The third-order valence-electron chi connectivity index (χ3n) is 3.14. The van der Waals surface area contributed by atoms with Crippen molar-refractivity contribution in [3.63, 3.8) is 0 Å². The maximum atomic E-state index is 13.8. The fraction of sp³-hybridized carbons (Fsp3) is 0.250. The minimum Gasteiger partial charge on any atom is -0.496 e. The Labute approximate surface area is 122 Å². The lowest BCUT2D eigenvalue weighted by atomic mass is 10.0. The Morgan fingerprint density at radius 1 is 1.10 bits per heavy atom. The van der Waals surface area contributed by atoms with Gasteiger partial charge in [0.25, 0.3) is 0 Å². The molecule has 20 heavy (non-hydrogen) atoms. The quantitative estimate of drug-likeness (QED) is 0.912. The Morgan fingerprint density at radius 2 is 1.75 bits per heavy atom. The summed E-state index contributed by atoms with van der Waals surface area (Å²) in [7, 11) is 1.59. The summed E-state index contributed by atoms with van der Waals surface area (Å²) in [6.45, 7) is 0. The number of halogens is 2. The third-order valence-corrected chi connectivity index (χ3v) is 3.43. The number of hydrogen-bond acceptors (Lipinski definition) is 2. The van der Waals surface area contributed by atoms with E-state index in [1.165, 1.54) is 6.07 Å². The minimum absolute atomic E-state index is 0.0759. The third kappa shape index (κ3) is 3.50. The van der Waals surface area contributed by atoms with Crippen LogP contribution in [0.1, 0.15) is 11.1 Å². The number of hydrogen-bond donors (Lipinski definition) is 1. The molecule has 0 amide bonds. The fourth-order valence-corrected chi connectivity index (χ4v) is 2.35. The molecule has 0 aliphatic heterocycles. The first-order valence-corrected chi connectivity index (χ1v) is 6.72. The molecule has 2 nitrogen and oxygen atoms in total. The largest absolute Gasteiger partial charge is 0.496 e. The zero-order valence-electron chi connectivity index (χ0n) is 11.1. The predicted octanol–water partition coefficient (Wildman–Crippen LogP) is 3.63. The molecule has 106 valence electrons. The average Bonchev–Trinajstić information content (AvgIpc) is 2.44. The lowest BCUT2D eigenvalue weighted by molar-refractivity contribution is 0.173. The molecular weight excluding hydrogens is 279 g/mol. The molecule has 0 saturated carbocycles. The first-order valence-electron chi connectivity index (χ1n) is 6.34. The standard InChI is InChI=1S/C16H16ClFO2/c1-20-15-8-3-2-5-11(15)9-13(19)10-12-6-4-7-14(17)16(12)18/h2-8,13,19H,9-10H2,1H3. The van der Waals surface area contributed by atoms with Crippen molar-refractivity contribution in [3.05, 3.63) is 64.4 Å². The van der Waals surface area contributed by atoms with E-state index in [2.05, 4.69) is 0 Å². The van der Waals surface area contributed by atoms with Gasteiger partial charge in [0.2, 0.25) is 0 Å². The fourth-order valence-electron chi connectivity index (χ4n) is 2.16. The first-order chi connectivity index (χ1) is 9.61. The zero-order chi connectivity index (χ0) is 14.5. The molecule has 1 unspecified atom stereocenters. The van der Waals surface area contributed by atoms with Crippen LogP contribution >= 0.6 is 11.6 Å². The van der Waals surface area contributed by atoms with Crippen LogP contribution in [-0.2, 0) is 12.8 Å². The number of aliphatic hydroxyl groups excluding tert-OH is 1. The SMILES string of the molecule is COc1ccccc1CC(O)Cc1cccc(Cl)c1F. The second kappa shape index (κ2) is 6.73. The highest BCUT2D eigenvalue weighted by Gasteiger charge is 2.14. The van der Waals surface area contributed by atoms with E-state index in [4.69, 9.17) is 16.3 Å². The zero-order valence-corrected chi connectivity index (χ0v) is 11.9. The maximum absolute atomic E-state index is 13.8. The number of methoxy groups -OCH3 is 1. The van der Waals surface area contributed by atoms with E-state index in [1.54, 1.807) is 19.2 Å². The number of benzene rings is 2. The Hall–Kier alpha value is -1.58. The van der Waals surface area contributed by atoms with Gasteiger partial charge in [-0.15, -0.1) is 0 Å². The Bertz CT molecular complexity index is 586. The molecular formula is C16H16ClFO2. The predicted molar refractivity (Wildman–Crippen MR) is 77.8 cm³/mol. The van der Waals surface area contributed by atoms with Gasteiger partial charge in [0.1, 0.15) is 11.6 Å². The molecule has 2 rings (SSSR count). The molecule has 4 heteroatoms. The van der Waals surface area contributed by atoms with Crippen LogP contribution in [0.15, 0.2) is 42.5 Å². The molecule has 0 fully saturated rings. The van der Waals surface area contributed by atoms with E-state index in [9.17, 15) is 9.50 Å². The molecule has 1 atom stereocenters. The van der Waals surface area contributed by atoms with Crippen LogP contribution in [-0.4, -0.2) is 18.3 Å². The normalized spacial score (nSPS) is 12.2. The van der Waals surface area contributed by atoms with Crippen molar-refractivity contribution in [1.82, 2.24) is 0 Å². The maximum Gasteiger partial charge on any atom is 0.145 e. The summed E-state index contributed by atoms with van der Waals surface area (Å²) in [6, 6.07) is 12.3. The lowest BCUT2D eigenvalue weighted by Crippen LogP contribution is -2.15. The van der Waals surface area contributed by atoms with Gasteiger partial charge in [0, 0.05) is 12.8 Å². The number of para-hydroxylation sites is 1. The second-order valence-electron chi connectivity index (χ2n) is 4.59. The van der Waals surface area contributed by atoms with Crippen molar-refractivity contribution in [2.45, 2.75) is 18.9 Å². The molecule has 2 aromatic carbocycles. The van der Waals surface area contributed by atoms with E-state index in [0.717, 1.165) is 11.3 Å². The second-order valence-corrected chi connectivity index (χ2v) is 4.99. The van der Waals surface area contributed by atoms with Gasteiger partial charge in [-0.1, -0.05) is 41.9 Å². The van der Waals surface area contributed by atoms with E-state index in [0.29, 0.717) is 12.0 Å². The van der Waals surface area contributed by atoms with Gasteiger partial charge in [-0.25, -0.2) is 4.39 Å². The average molecular weight is 295 g/mol. The highest BCUT2D eigenvalue weighted by Crippen LogP contribution is 2.22. The van der Waals surface area contributed by atoms with Crippen LogP contribution in [0.4, 0.5) is 4.39 Å². The molecule has 2 aromatic rings. The van der Waals surface area contributed by atoms with E-state index in [-0.39, 0.29) is 11.4 Å². The van der Waals surface area contributed by atoms with Gasteiger partial charge < -0.3 is 9.84 Å². The highest BCUT2D eigenvalue weighted by molar-refractivity contribution is 6.30. The molecule has 0 aliphatic carbocycles. The molecule has 0 aliphatic rings. The summed E-state index contributed by atoms with van der Waals surface area (Å²) in [6.07, 6.45) is -0.0836. The van der Waals surface area contributed by atoms with E-state index >= 15 is 0 Å². The summed E-state index contributed by atoms with van der Waals surface area (Å²) in [5, 5.41) is 10.2. The van der Waals surface area contributed by atoms with Crippen molar-refractivity contribution in [3.8, 4) is 5.75 Å². The van der Waals surface area contributed by atoms with Crippen molar-refractivity contribution >= 4 is 11.6 Å². The van der Waals surface area contributed by atoms with E-state index < -0.39 is 11.9 Å². The van der Waals surface area contributed by atoms with Gasteiger partial charge in [0.05, 0.1) is 18.2 Å². The number of aliphatic hydroxyl groups is 1. The summed E-state index contributed by atoms with van der Waals surface area (Å²) in [4.78, 5) is 0. The summed E-state index contributed by atoms with van der Waals surface area (Å²) in [5.41, 5.74) is 1.31. The van der Waals surface area contributed by atoms with Gasteiger partial charge >= 0.3 is 0 Å². The molecule has 0 heterocycles. The molecule has 0 spiro atoms. The van der Waals surface area contributed by atoms with Crippen LogP contribution < -0.4 is 4.74 Å². The van der Waals surface area contributed by atoms with Crippen molar-refractivity contribution in [2.75, 3.05) is 7.11 Å². The minimum atomic E-state index is -0.695. The monoisotopic (exact) mass is 294 g/mol.